The van der Waals surface area contributed by atoms with Crippen molar-refractivity contribution in [2.24, 2.45) is 5.92 Å². The van der Waals surface area contributed by atoms with Crippen molar-refractivity contribution in [1.29, 1.82) is 0 Å². The molecular formula is C18H20FN3O2. The molecule has 4 heterocycles. The molecule has 3 aliphatic heterocycles. The van der Waals surface area contributed by atoms with Crippen molar-refractivity contribution in [2.45, 2.75) is 31.8 Å². The molecule has 6 heteroatoms. The zero-order chi connectivity index (χ0) is 16.7. The number of aromatic nitrogens is 1. The van der Waals surface area contributed by atoms with Crippen LogP contribution < -0.4 is 5.32 Å². The standard InChI is InChI=1S/C18H20FN3O2/c1-11-8-13-6-7-22(11)10-15(13)21-17(23)18-20-9-16(24-18)12-2-4-14(19)5-3-12/h2-5,9,11,13,15H,6-8,10H2,1H3,(H,21,23)/t11?,13?,15-/m0/s1. The third kappa shape index (κ3) is 2.82. The van der Waals surface area contributed by atoms with Gasteiger partial charge in [0.2, 0.25) is 0 Å². The summed E-state index contributed by atoms with van der Waals surface area (Å²) >= 11 is 0. The van der Waals surface area contributed by atoms with Gasteiger partial charge in [0, 0.05) is 24.2 Å². The number of amides is 1. The average Bonchev–Trinajstić information content (AvgIpc) is 3.07. The van der Waals surface area contributed by atoms with Crippen LogP contribution in [-0.4, -0.2) is 41.0 Å². The van der Waals surface area contributed by atoms with Crippen LogP contribution in [0.3, 0.4) is 0 Å². The Labute approximate surface area is 139 Å². The van der Waals surface area contributed by atoms with E-state index in [1.54, 1.807) is 12.1 Å². The van der Waals surface area contributed by atoms with Crippen LogP contribution in [0, 0.1) is 11.7 Å². The first-order valence-electron chi connectivity index (χ1n) is 8.37. The Kier molecular flexibility index (Phi) is 3.84. The van der Waals surface area contributed by atoms with Gasteiger partial charge in [0.15, 0.2) is 5.76 Å². The van der Waals surface area contributed by atoms with E-state index in [4.69, 9.17) is 4.42 Å². The quantitative estimate of drug-likeness (QED) is 0.941. The SMILES string of the molecule is CC1CC2CCN1C[C@@H]2NC(=O)c1ncc(-c2ccc(F)cc2)o1. The van der Waals surface area contributed by atoms with Crippen molar-refractivity contribution in [3.63, 3.8) is 0 Å². The molecular weight excluding hydrogens is 309 g/mol. The first-order chi connectivity index (χ1) is 11.6. The van der Waals surface area contributed by atoms with Crippen LogP contribution >= 0.6 is 0 Å². The van der Waals surface area contributed by atoms with E-state index in [9.17, 15) is 9.18 Å². The van der Waals surface area contributed by atoms with Crippen molar-refractivity contribution >= 4 is 5.91 Å². The summed E-state index contributed by atoms with van der Waals surface area (Å²) in [5, 5.41) is 3.06. The fourth-order valence-corrected chi connectivity index (χ4v) is 3.82. The number of carbonyl (C=O) groups excluding carboxylic acids is 1. The lowest BCUT2D eigenvalue weighted by molar-refractivity contribution is 0.0267. The predicted octanol–water partition coefficient (Wildman–Crippen LogP) is 2.69. The first-order valence-corrected chi connectivity index (χ1v) is 8.37. The van der Waals surface area contributed by atoms with Gasteiger partial charge in [0.05, 0.1) is 6.20 Å². The maximum absolute atomic E-state index is 13.0. The lowest BCUT2D eigenvalue weighted by Gasteiger charge is -2.48. The number of nitrogens with one attached hydrogen (secondary N) is 1. The Bertz CT molecular complexity index is 743. The lowest BCUT2D eigenvalue weighted by Crippen LogP contribution is -2.60. The molecule has 1 aromatic carbocycles. The topological polar surface area (TPSA) is 58.4 Å². The summed E-state index contributed by atoms with van der Waals surface area (Å²) in [6.45, 7) is 4.25. The molecule has 3 fully saturated rings. The highest BCUT2D eigenvalue weighted by atomic mass is 19.1. The van der Waals surface area contributed by atoms with Crippen LogP contribution in [0.2, 0.25) is 0 Å². The number of halogens is 1. The van der Waals surface area contributed by atoms with E-state index < -0.39 is 0 Å². The molecule has 1 amide bonds. The van der Waals surface area contributed by atoms with E-state index >= 15 is 0 Å². The molecule has 4 atom stereocenters. The number of nitrogens with zero attached hydrogens (tertiary/aromatic N) is 2. The Morgan fingerprint density at radius 1 is 1.38 bits per heavy atom. The number of hydrogen-bond donors (Lipinski definition) is 1. The van der Waals surface area contributed by atoms with Gasteiger partial charge in [-0.1, -0.05) is 0 Å². The van der Waals surface area contributed by atoms with Crippen molar-refractivity contribution < 1.29 is 13.6 Å². The minimum Gasteiger partial charge on any atom is -0.432 e. The number of hydrogen-bond acceptors (Lipinski definition) is 4. The van der Waals surface area contributed by atoms with Crippen molar-refractivity contribution in [3.8, 4) is 11.3 Å². The molecule has 0 spiro atoms. The average molecular weight is 329 g/mol. The van der Waals surface area contributed by atoms with Gasteiger partial charge in [0.25, 0.3) is 5.89 Å². The zero-order valence-electron chi connectivity index (χ0n) is 13.5. The van der Waals surface area contributed by atoms with Gasteiger partial charge in [0.1, 0.15) is 5.82 Å². The molecule has 5 nitrogen and oxygen atoms in total. The monoisotopic (exact) mass is 329 g/mol. The fourth-order valence-electron chi connectivity index (χ4n) is 3.82. The van der Waals surface area contributed by atoms with Crippen LogP contribution in [0.25, 0.3) is 11.3 Å². The minimum atomic E-state index is -0.312. The Balaban J connectivity index is 1.45. The summed E-state index contributed by atoms with van der Waals surface area (Å²) in [6, 6.07) is 6.67. The molecule has 0 radical (unpaired) electrons. The number of fused-ring (bicyclic) bond motifs is 3. The highest BCUT2D eigenvalue weighted by molar-refractivity contribution is 5.90. The maximum Gasteiger partial charge on any atom is 0.307 e. The van der Waals surface area contributed by atoms with Gasteiger partial charge < -0.3 is 9.73 Å². The van der Waals surface area contributed by atoms with Gasteiger partial charge in [-0.25, -0.2) is 9.37 Å². The highest BCUT2D eigenvalue weighted by Crippen LogP contribution is 2.32. The zero-order valence-corrected chi connectivity index (χ0v) is 13.5. The molecule has 2 aromatic rings. The summed E-state index contributed by atoms with van der Waals surface area (Å²) in [5.74, 6) is 0.449. The van der Waals surface area contributed by atoms with Gasteiger partial charge in [-0.15, -0.1) is 0 Å². The Morgan fingerprint density at radius 3 is 2.83 bits per heavy atom. The molecule has 1 N–H and O–H groups in total. The van der Waals surface area contributed by atoms with E-state index in [0.29, 0.717) is 23.3 Å². The summed E-state index contributed by atoms with van der Waals surface area (Å²) in [4.78, 5) is 18.9. The van der Waals surface area contributed by atoms with E-state index in [2.05, 4.69) is 22.1 Å². The van der Waals surface area contributed by atoms with Gasteiger partial charge in [-0.05, 0) is 56.5 Å². The second-order valence-electron chi connectivity index (χ2n) is 6.74. The van der Waals surface area contributed by atoms with E-state index in [1.807, 2.05) is 0 Å². The number of oxazole rings is 1. The number of rotatable bonds is 3. The second-order valence-corrected chi connectivity index (χ2v) is 6.74. The molecule has 3 saturated heterocycles. The third-order valence-electron chi connectivity index (χ3n) is 5.20. The molecule has 1 aromatic heterocycles. The minimum absolute atomic E-state index is 0.0545. The van der Waals surface area contributed by atoms with Gasteiger partial charge in [-0.3, -0.25) is 9.69 Å². The van der Waals surface area contributed by atoms with Crippen molar-refractivity contribution in [1.82, 2.24) is 15.2 Å². The van der Waals surface area contributed by atoms with Crippen LogP contribution in [-0.2, 0) is 0 Å². The lowest BCUT2D eigenvalue weighted by atomic mass is 9.80. The van der Waals surface area contributed by atoms with Crippen LogP contribution in [0.1, 0.15) is 30.5 Å². The molecule has 0 aliphatic carbocycles. The van der Waals surface area contributed by atoms with E-state index in [0.717, 1.165) is 25.9 Å². The Hall–Kier alpha value is -2.21. The molecule has 3 aliphatic rings. The molecule has 0 saturated carbocycles. The summed E-state index contributed by atoms with van der Waals surface area (Å²) < 4.78 is 18.5. The molecule has 24 heavy (non-hydrogen) atoms. The summed E-state index contributed by atoms with van der Waals surface area (Å²) in [5.41, 5.74) is 0.694. The summed E-state index contributed by atoms with van der Waals surface area (Å²) in [6.07, 6.45) is 3.75. The molecule has 3 unspecified atom stereocenters. The first kappa shape index (κ1) is 15.3. The number of benzene rings is 1. The fraction of sp³-hybridized carbons (Fsp3) is 0.444. The molecule has 126 valence electrons. The third-order valence-corrected chi connectivity index (χ3v) is 5.20. The normalized spacial score (nSPS) is 28.8. The van der Waals surface area contributed by atoms with Crippen LogP contribution in [0.15, 0.2) is 34.9 Å². The van der Waals surface area contributed by atoms with Gasteiger partial charge >= 0.3 is 5.91 Å². The van der Waals surface area contributed by atoms with Gasteiger partial charge in [-0.2, -0.15) is 0 Å². The van der Waals surface area contributed by atoms with Crippen LogP contribution in [0.4, 0.5) is 4.39 Å². The molecule has 5 rings (SSSR count). The van der Waals surface area contributed by atoms with Crippen molar-refractivity contribution in [3.05, 3.63) is 42.2 Å². The maximum atomic E-state index is 13.0. The predicted molar refractivity (Wildman–Crippen MR) is 86.9 cm³/mol. The Morgan fingerprint density at radius 2 is 2.17 bits per heavy atom. The van der Waals surface area contributed by atoms with E-state index in [-0.39, 0.29) is 23.7 Å². The van der Waals surface area contributed by atoms with Crippen LogP contribution in [0.5, 0.6) is 0 Å². The highest BCUT2D eigenvalue weighted by Gasteiger charge is 2.39. The smallest absolute Gasteiger partial charge is 0.307 e. The van der Waals surface area contributed by atoms with Crippen molar-refractivity contribution in [2.75, 3.05) is 13.1 Å². The summed E-state index contributed by atoms with van der Waals surface area (Å²) in [7, 11) is 0. The second kappa shape index (κ2) is 6.02. The number of piperidine rings is 3. The van der Waals surface area contributed by atoms with E-state index in [1.165, 1.54) is 18.3 Å². The molecule has 2 bridgehead atoms. The largest absolute Gasteiger partial charge is 0.432 e. The number of carbonyl (C=O) groups is 1.